The van der Waals surface area contributed by atoms with E-state index in [0.717, 1.165) is 44.3 Å². The van der Waals surface area contributed by atoms with Crippen molar-refractivity contribution in [3.63, 3.8) is 0 Å². The number of likely N-dealkylation sites (tertiary alicyclic amines) is 1. The van der Waals surface area contributed by atoms with Crippen molar-refractivity contribution < 1.29 is 14.6 Å². The standard InChI is InChI=1S/C31H43ClN4O4/c1-23-20-24(10-15-28(23)32)8-4-5-9-30(37)34-29(22-36-18-16-26(21-36)35-39)31(38)25-11-13-27(14-12-25)40-19-7-3-2-6-17-33/h10-15,20,23,26,28-29,31,38H,2-9,16,18-19,21-22H2,1H3,(H,34,37)/t23?,26-,28?,29+,31+/m0/s1. The summed E-state index contributed by atoms with van der Waals surface area (Å²) >= 11 is 6.23. The Balaban J connectivity index is 1.51. The molecular formula is C31H43ClN4O4. The molecule has 8 nitrogen and oxygen atoms in total. The maximum absolute atomic E-state index is 12.9. The first kappa shape index (κ1) is 31.8. The highest BCUT2D eigenvalue weighted by atomic mass is 35.5. The number of nitroso groups, excluding NO2 is 1. The van der Waals surface area contributed by atoms with Crippen LogP contribution >= 0.6 is 11.6 Å². The van der Waals surface area contributed by atoms with E-state index in [4.69, 9.17) is 21.6 Å². The molecule has 0 spiro atoms. The third-order valence-corrected chi connectivity index (χ3v) is 8.14. The number of hydrogen-bond donors (Lipinski definition) is 2. The summed E-state index contributed by atoms with van der Waals surface area (Å²) in [6, 6.07) is 8.70. The molecule has 1 saturated heterocycles. The van der Waals surface area contributed by atoms with Gasteiger partial charge in [0, 0.05) is 32.5 Å². The summed E-state index contributed by atoms with van der Waals surface area (Å²) in [7, 11) is 0. The lowest BCUT2D eigenvalue weighted by molar-refractivity contribution is -0.123. The molecule has 1 aromatic rings. The zero-order valence-corrected chi connectivity index (χ0v) is 24.3. The van der Waals surface area contributed by atoms with Crippen LogP contribution in [0.3, 0.4) is 0 Å². The van der Waals surface area contributed by atoms with Gasteiger partial charge >= 0.3 is 0 Å². The Kier molecular flexibility index (Phi) is 13.6. The van der Waals surface area contributed by atoms with Gasteiger partial charge in [-0.05, 0) is 68.6 Å². The van der Waals surface area contributed by atoms with Crippen molar-refractivity contribution in [1.29, 1.82) is 5.26 Å². The number of carbonyl (C=O) groups is 1. The lowest BCUT2D eigenvalue weighted by Gasteiger charge is -2.29. The van der Waals surface area contributed by atoms with Crippen LogP contribution in [-0.4, -0.2) is 59.6 Å². The number of ether oxygens (including phenoxy) is 1. The van der Waals surface area contributed by atoms with Gasteiger partial charge in [-0.15, -0.1) is 11.6 Å². The van der Waals surface area contributed by atoms with Crippen LogP contribution in [0.2, 0.25) is 0 Å². The van der Waals surface area contributed by atoms with E-state index in [-0.39, 0.29) is 17.3 Å². The number of aliphatic hydroxyl groups is 1. The molecule has 9 heteroatoms. The van der Waals surface area contributed by atoms with Crippen LogP contribution in [0.15, 0.2) is 53.2 Å². The van der Waals surface area contributed by atoms with Gasteiger partial charge in [0.1, 0.15) is 17.9 Å². The number of hydrogen-bond acceptors (Lipinski definition) is 7. The van der Waals surface area contributed by atoms with E-state index in [2.05, 4.69) is 40.5 Å². The van der Waals surface area contributed by atoms with Gasteiger partial charge in [0.2, 0.25) is 5.91 Å². The molecule has 218 valence electrons. The molecule has 1 aliphatic carbocycles. The normalized spacial score (nSPS) is 22.2. The first-order valence-electron chi connectivity index (χ1n) is 14.5. The van der Waals surface area contributed by atoms with E-state index < -0.39 is 12.1 Å². The van der Waals surface area contributed by atoms with Crippen LogP contribution in [-0.2, 0) is 4.79 Å². The van der Waals surface area contributed by atoms with Crippen molar-refractivity contribution in [2.24, 2.45) is 11.1 Å². The summed E-state index contributed by atoms with van der Waals surface area (Å²) in [5.74, 6) is 0.940. The van der Waals surface area contributed by atoms with Crippen molar-refractivity contribution in [1.82, 2.24) is 10.2 Å². The van der Waals surface area contributed by atoms with Crippen molar-refractivity contribution in [3.8, 4) is 11.8 Å². The third-order valence-electron chi connectivity index (χ3n) is 7.59. The first-order valence-corrected chi connectivity index (χ1v) is 15.0. The Hall–Kier alpha value is -2.73. The lowest BCUT2D eigenvalue weighted by atomic mass is 9.94. The summed E-state index contributed by atoms with van der Waals surface area (Å²) in [4.78, 5) is 26.0. The number of allylic oxidation sites excluding steroid dienone is 4. The minimum Gasteiger partial charge on any atom is -0.494 e. The van der Waals surface area contributed by atoms with Crippen LogP contribution in [0.5, 0.6) is 5.75 Å². The molecule has 0 radical (unpaired) electrons. The molecule has 0 bridgehead atoms. The van der Waals surface area contributed by atoms with Crippen molar-refractivity contribution in [2.45, 2.75) is 88.3 Å². The Labute approximate surface area is 243 Å². The topological polar surface area (TPSA) is 115 Å². The van der Waals surface area contributed by atoms with Crippen LogP contribution in [0.25, 0.3) is 0 Å². The van der Waals surface area contributed by atoms with Gasteiger partial charge in [-0.1, -0.05) is 48.0 Å². The molecule has 2 unspecified atom stereocenters. The highest BCUT2D eigenvalue weighted by Crippen LogP contribution is 2.25. The summed E-state index contributed by atoms with van der Waals surface area (Å²) in [6.07, 6.45) is 12.3. The molecule has 40 heavy (non-hydrogen) atoms. The lowest BCUT2D eigenvalue weighted by Crippen LogP contribution is -2.46. The molecule has 1 fully saturated rings. The van der Waals surface area contributed by atoms with E-state index in [1.165, 1.54) is 5.57 Å². The van der Waals surface area contributed by atoms with Gasteiger partial charge in [0.05, 0.1) is 24.1 Å². The second kappa shape index (κ2) is 17.2. The Morgan fingerprint density at radius 3 is 2.75 bits per heavy atom. The predicted molar refractivity (Wildman–Crippen MR) is 158 cm³/mol. The SMILES string of the molecule is CC1C=C(CCCCC(=O)N[C@H](CN2CC[C@H](N=O)C2)[C@H](O)c2ccc(OCCCCCC#N)cc2)C=CC1Cl. The number of carbonyl (C=O) groups excluding carboxylic acids is 1. The monoisotopic (exact) mass is 570 g/mol. The average Bonchev–Trinajstić information content (AvgIpc) is 3.42. The van der Waals surface area contributed by atoms with Crippen molar-refractivity contribution >= 4 is 17.5 Å². The number of nitrogens with zero attached hydrogens (tertiary/aromatic N) is 3. The number of alkyl halides is 1. The number of benzene rings is 1. The number of rotatable bonds is 17. The number of aliphatic hydroxyl groups excluding tert-OH is 1. The van der Waals surface area contributed by atoms with Crippen LogP contribution in [0.1, 0.15) is 76.4 Å². The van der Waals surface area contributed by atoms with E-state index in [0.29, 0.717) is 57.0 Å². The smallest absolute Gasteiger partial charge is 0.220 e. The molecule has 2 aliphatic rings. The summed E-state index contributed by atoms with van der Waals surface area (Å²) in [6.45, 7) is 4.37. The molecule has 5 atom stereocenters. The van der Waals surface area contributed by atoms with E-state index in [1.807, 2.05) is 30.3 Å². The molecular weight excluding hydrogens is 528 g/mol. The highest BCUT2D eigenvalue weighted by molar-refractivity contribution is 6.22. The summed E-state index contributed by atoms with van der Waals surface area (Å²) in [5, 5.41) is 26.2. The third kappa shape index (κ3) is 10.7. The largest absolute Gasteiger partial charge is 0.494 e. The van der Waals surface area contributed by atoms with Gasteiger partial charge in [-0.25, -0.2) is 0 Å². The molecule has 3 rings (SSSR count). The maximum Gasteiger partial charge on any atom is 0.220 e. The zero-order valence-electron chi connectivity index (χ0n) is 23.5. The number of amides is 1. The molecule has 0 saturated carbocycles. The Bertz CT molecular complexity index is 1040. The summed E-state index contributed by atoms with van der Waals surface area (Å²) in [5.41, 5.74) is 1.95. The molecule has 1 aromatic carbocycles. The fraction of sp³-hybridized carbons (Fsp3) is 0.613. The van der Waals surface area contributed by atoms with Gasteiger partial charge < -0.3 is 15.2 Å². The van der Waals surface area contributed by atoms with Gasteiger partial charge in [-0.2, -0.15) is 10.2 Å². The van der Waals surface area contributed by atoms with E-state index in [9.17, 15) is 14.8 Å². The van der Waals surface area contributed by atoms with Crippen LogP contribution < -0.4 is 10.1 Å². The molecule has 1 amide bonds. The zero-order chi connectivity index (χ0) is 28.7. The van der Waals surface area contributed by atoms with Crippen molar-refractivity contribution in [3.05, 3.63) is 58.5 Å². The minimum absolute atomic E-state index is 0.0422. The maximum atomic E-state index is 12.9. The minimum atomic E-state index is -0.908. The predicted octanol–water partition coefficient (Wildman–Crippen LogP) is 5.81. The average molecular weight is 571 g/mol. The Morgan fingerprint density at radius 2 is 2.05 bits per heavy atom. The first-order chi connectivity index (χ1) is 19.4. The van der Waals surface area contributed by atoms with Crippen LogP contribution in [0.4, 0.5) is 0 Å². The number of nitrogens with one attached hydrogen (secondary N) is 1. The van der Waals surface area contributed by atoms with Gasteiger partial charge in [-0.3, -0.25) is 9.69 Å². The number of unbranched alkanes of at least 4 members (excludes halogenated alkanes) is 4. The second-order valence-electron chi connectivity index (χ2n) is 10.9. The molecule has 0 aromatic heterocycles. The van der Waals surface area contributed by atoms with Crippen LogP contribution in [0, 0.1) is 22.2 Å². The fourth-order valence-electron chi connectivity index (χ4n) is 5.17. The number of halogens is 1. The van der Waals surface area contributed by atoms with Crippen molar-refractivity contribution in [2.75, 3.05) is 26.2 Å². The van der Waals surface area contributed by atoms with E-state index in [1.54, 1.807) is 0 Å². The van der Waals surface area contributed by atoms with Gasteiger partial charge in [0.25, 0.3) is 0 Å². The number of nitriles is 1. The highest BCUT2D eigenvalue weighted by Gasteiger charge is 2.30. The molecule has 1 heterocycles. The fourth-order valence-corrected chi connectivity index (χ4v) is 5.31. The quantitative estimate of drug-likeness (QED) is 0.139. The molecule has 2 N–H and O–H groups in total. The summed E-state index contributed by atoms with van der Waals surface area (Å²) < 4.78 is 5.79. The van der Waals surface area contributed by atoms with E-state index >= 15 is 0 Å². The molecule has 1 aliphatic heterocycles. The Morgan fingerprint density at radius 1 is 1.25 bits per heavy atom. The van der Waals surface area contributed by atoms with Gasteiger partial charge in [0.15, 0.2) is 0 Å². The second-order valence-corrected chi connectivity index (χ2v) is 11.4.